The van der Waals surface area contributed by atoms with Crippen molar-refractivity contribution in [2.45, 2.75) is 13.0 Å². The Morgan fingerprint density at radius 1 is 1.19 bits per heavy atom. The Bertz CT molecular complexity index is 492. The Balaban J connectivity index is 2.20. The third-order valence-electron chi connectivity index (χ3n) is 2.27. The minimum absolute atomic E-state index is 0.0160. The number of hydrogen-bond acceptors (Lipinski definition) is 2. The summed E-state index contributed by atoms with van der Waals surface area (Å²) < 4.78 is 5.29. The number of aliphatic hydroxyl groups excluding tert-OH is 1. The Morgan fingerprint density at radius 2 is 2.00 bits per heavy atom. The maximum Gasteiger partial charge on any atom is 0.108 e. The summed E-state index contributed by atoms with van der Waals surface area (Å²) in [5, 5.41) is 10.1. The van der Waals surface area contributed by atoms with E-state index < -0.39 is 0 Å². The van der Waals surface area contributed by atoms with Gasteiger partial charge in [-0.1, -0.05) is 29.3 Å². The van der Waals surface area contributed by atoms with Gasteiger partial charge in [0.15, 0.2) is 0 Å². The molecular formula is C12H10Cl2O2. The molecule has 0 amide bonds. The number of benzene rings is 1. The molecule has 2 aromatic rings. The van der Waals surface area contributed by atoms with Crippen LogP contribution >= 0.6 is 23.2 Å². The van der Waals surface area contributed by atoms with Crippen LogP contribution in [0.2, 0.25) is 10.0 Å². The molecule has 1 N–H and O–H groups in total. The Hall–Kier alpha value is -0.960. The predicted octanol–water partition coefficient (Wildman–Crippen LogP) is 3.67. The largest absolute Gasteiger partial charge is 0.469 e. The number of furan rings is 1. The first-order chi connectivity index (χ1) is 7.69. The lowest BCUT2D eigenvalue weighted by atomic mass is 10.1. The van der Waals surface area contributed by atoms with Crippen LogP contribution in [0.1, 0.15) is 16.9 Å². The molecule has 0 atom stereocenters. The van der Waals surface area contributed by atoms with Gasteiger partial charge in [0.25, 0.3) is 0 Å². The van der Waals surface area contributed by atoms with E-state index in [1.165, 1.54) is 0 Å². The third kappa shape index (κ3) is 2.59. The summed E-state index contributed by atoms with van der Waals surface area (Å²) in [4.78, 5) is 0. The predicted molar refractivity (Wildman–Crippen MR) is 63.9 cm³/mol. The van der Waals surface area contributed by atoms with Crippen LogP contribution in [0.25, 0.3) is 0 Å². The van der Waals surface area contributed by atoms with Gasteiger partial charge in [-0.15, -0.1) is 0 Å². The molecule has 1 aromatic carbocycles. The second kappa shape index (κ2) is 4.91. The van der Waals surface area contributed by atoms with Gasteiger partial charge in [-0.3, -0.25) is 0 Å². The molecule has 0 aliphatic heterocycles. The van der Waals surface area contributed by atoms with E-state index in [1.807, 2.05) is 12.1 Å². The molecule has 0 radical (unpaired) electrons. The van der Waals surface area contributed by atoms with Gasteiger partial charge in [0.2, 0.25) is 0 Å². The van der Waals surface area contributed by atoms with Gasteiger partial charge in [-0.05, 0) is 23.8 Å². The second-order valence-electron chi connectivity index (χ2n) is 3.49. The highest BCUT2D eigenvalue weighted by Gasteiger charge is 2.06. The summed E-state index contributed by atoms with van der Waals surface area (Å²) in [7, 11) is 0. The van der Waals surface area contributed by atoms with E-state index in [-0.39, 0.29) is 6.61 Å². The highest BCUT2D eigenvalue weighted by Crippen LogP contribution is 2.24. The van der Waals surface area contributed by atoms with Crippen molar-refractivity contribution in [1.29, 1.82) is 0 Å². The highest BCUT2D eigenvalue weighted by atomic mass is 35.5. The normalized spacial score (nSPS) is 10.7. The summed E-state index contributed by atoms with van der Waals surface area (Å²) in [6, 6.07) is 7.17. The van der Waals surface area contributed by atoms with Crippen LogP contribution in [-0.4, -0.2) is 5.11 Å². The van der Waals surface area contributed by atoms with Gasteiger partial charge in [0.05, 0.1) is 12.9 Å². The van der Waals surface area contributed by atoms with Crippen molar-refractivity contribution in [3.8, 4) is 0 Å². The fraction of sp³-hybridized carbons (Fsp3) is 0.167. The van der Waals surface area contributed by atoms with Crippen LogP contribution in [-0.2, 0) is 13.0 Å². The average Bonchev–Trinajstić information content (AvgIpc) is 2.70. The molecular weight excluding hydrogens is 247 g/mol. The second-order valence-corrected chi connectivity index (χ2v) is 4.34. The molecule has 0 aliphatic rings. The zero-order valence-electron chi connectivity index (χ0n) is 8.41. The van der Waals surface area contributed by atoms with E-state index in [0.717, 1.165) is 16.9 Å². The van der Waals surface area contributed by atoms with Gasteiger partial charge in [-0.2, -0.15) is 0 Å². The van der Waals surface area contributed by atoms with Crippen molar-refractivity contribution in [2.24, 2.45) is 0 Å². The van der Waals surface area contributed by atoms with E-state index in [2.05, 4.69) is 0 Å². The minimum Gasteiger partial charge on any atom is -0.469 e. The molecule has 1 heterocycles. The van der Waals surface area contributed by atoms with Gasteiger partial charge < -0.3 is 9.52 Å². The first kappa shape index (κ1) is 11.5. The maximum atomic E-state index is 8.90. The number of halogens is 2. The molecule has 0 saturated heterocycles. The summed E-state index contributed by atoms with van der Waals surface area (Å²) in [5.41, 5.74) is 1.71. The molecule has 84 valence electrons. The van der Waals surface area contributed by atoms with Crippen molar-refractivity contribution in [1.82, 2.24) is 0 Å². The van der Waals surface area contributed by atoms with Crippen molar-refractivity contribution in [2.75, 3.05) is 0 Å². The lowest BCUT2D eigenvalue weighted by molar-refractivity contribution is 0.280. The number of hydrogen-bond donors (Lipinski definition) is 1. The molecule has 16 heavy (non-hydrogen) atoms. The van der Waals surface area contributed by atoms with Crippen LogP contribution in [0.4, 0.5) is 0 Å². The molecule has 0 saturated carbocycles. The van der Waals surface area contributed by atoms with Crippen LogP contribution in [0, 0.1) is 0 Å². The van der Waals surface area contributed by atoms with Gasteiger partial charge in [0.1, 0.15) is 5.76 Å². The fourth-order valence-electron chi connectivity index (χ4n) is 1.45. The van der Waals surface area contributed by atoms with Crippen LogP contribution in [0.3, 0.4) is 0 Å². The summed E-state index contributed by atoms with van der Waals surface area (Å²) >= 11 is 11.9. The van der Waals surface area contributed by atoms with Gasteiger partial charge in [-0.25, -0.2) is 0 Å². The van der Waals surface area contributed by atoms with Gasteiger partial charge in [0, 0.05) is 22.0 Å². The van der Waals surface area contributed by atoms with E-state index in [0.29, 0.717) is 16.5 Å². The van der Waals surface area contributed by atoms with Crippen LogP contribution < -0.4 is 0 Å². The summed E-state index contributed by atoms with van der Waals surface area (Å²) in [6.07, 6.45) is 2.13. The van der Waals surface area contributed by atoms with Crippen molar-refractivity contribution < 1.29 is 9.52 Å². The zero-order valence-corrected chi connectivity index (χ0v) is 9.92. The Morgan fingerprint density at radius 3 is 2.62 bits per heavy atom. The van der Waals surface area contributed by atoms with Gasteiger partial charge >= 0.3 is 0 Å². The highest BCUT2D eigenvalue weighted by molar-refractivity contribution is 6.35. The quantitative estimate of drug-likeness (QED) is 0.910. The standard InChI is InChI=1S/C12H10Cl2O2/c13-10-2-1-9(12(14)5-10)4-11-3-8(6-15)7-16-11/h1-3,5,7,15H,4,6H2. The molecule has 4 heteroatoms. The molecule has 0 fully saturated rings. The van der Waals surface area contributed by atoms with Crippen molar-refractivity contribution in [3.63, 3.8) is 0 Å². The summed E-state index contributed by atoms with van der Waals surface area (Å²) in [6.45, 7) is -0.0160. The Labute approximate surface area is 103 Å². The molecule has 1 aromatic heterocycles. The number of rotatable bonds is 3. The summed E-state index contributed by atoms with van der Waals surface area (Å²) in [5.74, 6) is 0.772. The van der Waals surface area contributed by atoms with E-state index in [1.54, 1.807) is 18.4 Å². The third-order valence-corrected chi connectivity index (χ3v) is 2.86. The molecule has 0 bridgehead atoms. The molecule has 0 aliphatic carbocycles. The first-order valence-corrected chi connectivity index (χ1v) is 5.55. The lowest BCUT2D eigenvalue weighted by Gasteiger charge is -2.02. The van der Waals surface area contributed by atoms with Crippen LogP contribution in [0.5, 0.6) is 0 Å². The molecule has 2 nitrogen and oxygen atoms in total. The van der Waals surface area contributed by atoms with Crippen molar-refractivity contribution >= 4 is 23.2 Å². The smallest absolute Gasteiger partial charge is 0.108 e. The molecule has 0 unspecified atom stereocenters. The van der Waals surface area contributed by atoms with E-state index in [9.17, 15) is 0 Å². The SMILES string of the molecule is OCc1coc(Cc2ccc(Cl)cc2Cl)c1. The van der Waals surface area contributed by atoms with E-state index in [4.69, 9.17) is 32.7 Å². The number of aliphatic hydroxyl groups is 1. The lowest BCUT2D eigenvalue weighted by Crippen LogP contribution is -1.87. The Kier molecular flexibility index (Phi) is 3.54. The van der Waals surface area contributed by atoms with Crippen molar-refractivity contribution in [3.05, 3.63) is 57.5 Å². The topological polar surface area (TPSA) is 33.4 Å². The monoisotopic (exact) mass is 256 g/mol. The average molecular weight is 257 g/mol. The maximum absolute atomic E-state index is 8.90. The zero-order chi connectivity index (χ0) is 11.5. The van der Waals surface area contributed by atoms with E-state index >= 15 is 0 Å². The molecule has 0 spiro atoms. The fourth-order valence-corrected chi connectivity index (χ4v) is 1.93. The molecule has 2 rings (SSSR count). The first-order valence-electron chi connectivity index (χ1n) is 4.80. The minimum atomic E-state index is -0.0160. The van der Waals surface area contributed by atoms with Crippen LogP contribution in [0.15, 0.2) is 34.9 Å².